The molecule has 0 radical (unpaired) electrons. The van der Waals surface area contributed by atoms with Gasteiger partial charge >= 0.3 is 0 Å². The Morgan fingerprint density at radius 1 is 1.23 bits per heavy atom. The molecule has 1 saturated carbocycles. The number of aldehydes is 1. The molecule has 0 aliphatic heterocycles. The third-order valence-corrected chi connectivity index (χ3v) is 5.57. The largest absolute Gasteiger partial charge is 0.382 e. The molecule has 2 N–H and O–H groups in total. The fraction of sp³-hybridized carbons (Fsp3) is 0.417. The van der Waals surface area contributed by atoms with Crippen molar-refractivity contribution < 1.29 is 14.0 Å². The molecule has 2 unspecified atom stereocenters. The Kier molecular flexibility index (Phi) is 6.75. The first kappa shape index (κ1) is 21.8. The molecule has 30 heavy (non-hydrogen) atoms. The lowest BCUT2D eigenvalue weighted by atomic mass is 10.1. The highest BCUT2D eigenvalue weighted by atomic mass is 19.1. The molecule has 160 valence electrons. The van der Waals surface area contributed by atoms with Gasteiger partial charge in [0.15, 0.2) is 0 Å². The van der Waals surface area contributed by atoms with Crippen LogP contribution in [0.3, 0.4) is 0 Å². The predicted octanol–water partition coefficient (Wildman–Crippen LogP) is 4.82. The molecule has 1 aliphatic carbocycles. The zero-order valence-corrected chi connectivity index (χ0v) is 17.9. The minimum absolute atomic E-state index is 0.234. The molecule has 3 rings (SSSR count). The Morgan fingerprint density at radius 2 is 1.97 bits per heavy atom. The van der Waals surface area contributed by atoms with Gasteiger partial charge in [0.05, 0.1) is 17.3 Å². The van der Waals surface area contributed by atoms with Crippen molar-refractivity contribution in [3.05, 3.63) is 53.6 Å². The van der Waals surface area contributed by atoms with Crippen molar-refractivity contribution in [1.82, 2.24) is 0 Å². The number of rotatable bonds is 10. The van der Waals surface area contributed by atoms with Crippen LogP contribution < -0.4 is 15.5 Å². The van der Waals surface area contributed by atoms with Crippen molar-refractivity contribution in [2.75, 3.05) is 35.2 Å². The van der Waals surface area contributed by atoms with E-state index >= 15 is 0 Å². The number of aryl methyl sites for hydroxylation is 1. The van der Waals surface area contributed by atoms with Crippen LogP contribution in [0, 0.1) is 12.8 Å². The molecule has 0 bridgehead atoms. The van der Waals surface area contributed by atoms with Crippen LogP contribution in [0.5, 0.6) is 0 Å². The average Bonchev–Trinajstić information content (AvgIpc) is 3.37. The summed E-state index contributed by atoms with van der Waals surface area (Å²) in [4.78, 5) is 25.9. The Labute approximate surface area is 177 Å². The summed E-state index contributed by atoms with van der Waals surface area (Å²) in [6.07, 6.45) is 2.00. The van der Waals surface area contributed by atoms with E-state index in [4.69, 9.17) is 0 Å². The maximum Gasteiger partial charge on any atom is 0.230 e. The van der Waals surface area contributed by atoms with Gasteiger partial charge in [-0.25, -0.2) is 4.39 Å². The molecular weight excluding hydrogens is 381 g/mol. The monoisotopic (exact) mass is 411 g/mol. The zero-order chi connectivity index (χ0) is 21.7. The van der Waals surface area contributed by atoms with E-state index in [0.717, 1.165) is 31.5 Å². The second-order valence-corrected chi connectivity index (χ2v) is 8.15. The second kappa shape index (κ2) is 9.28. The standard InChI is InChI=1S/C24H30FN3O2/c1-4-12-28(22-8-6-5-7-17(22)2)13-11-26-20-10-9-18(16-29)14-21(20)27-23(30)19-15-24(19,3)25/h5-10,14,16,19,26H,4,11-13,15H2,1-3H3,(H,27,30). The maximum absolute atomic E-state index is 13.9. The highest BCUT2D eigenvalue weighted by molar-refractivity contribution is 5.99. The number of nitrogens with zero attached hydrogens (tertiary/aromatic N) is 1. The number of amides is 1. The number of alkyl halides is 1. The number of carbonyl (C=O) groups excluding carboxylic acids is 2. The van der Waals surface area contributed by atoms with Gasteiger partial charge < -0.3 is 15.5 Å². The summed E-state index contributed by atoms with van der Waals surface area (Å²) >= 11 is 0. The second-order valence-electron chi connectivity index (χ2n) is 8.15. The SMILES string of the molecule is CCCN(CCNc1ccc(C=O)cc1NC(=O)C1CC1(C)F)c1ccccc1C. The van der Waals surface area contributed by atoms with Gasteiger partial charge in [0.2, 0.25) is 5.91 Å². The minimum atomic E-state index is -1.44. The van der Waals surface area contributed by atoms with E-state index < -0.39 is 11.6 Å². The van der Waals surface area contributed by atoms with Crippen LogP contribution in [0.1, 0.15) is 42.6 Å². The lowest BCUT2D eigenvalue weighted by Gasteiger charge is -2.26. The van der Waals surface area contributed by atoms with Crippen molar-refractivity contribution in [2.24, 2.45) is 5.92 Å². The Hall–Kier alpha value is -2.89. The third kappa shape index (κ3) is 5.17. The minimum Gasteiger partial charge on any atom is -0.382 e. The number of nitrogens with one attached hydrogen (secondary N) is 2. The number of anilines is 3. The average molecular weight is 412 g/mol. The van der Waals surface area contributed by atoms with Crippen LogP contribution in [0.2, 0.25) is 0 Å². The van der Waals surface area contributed by atoms with Crippen molar-refractivity contribution >= 4 is 29.3 Å². The molecule has 0 spiro atoms. The number of hydrogen-bond acceptors (Lipinski definition) is 4. The van der Waals surface area contributed by atoms with Gasteiger partial charge in [-0.1, -0.05) is 25.1 Å². The van der Waals surface area contributed by atoms with E-state index in [9.17, 15) is 14.0 Å². The smallest absolute Gasteiger partial charge is 0.230 e. The number of para-hydroxylation sites is 1. The number of benzene rings is 2. The van der Waals surface area contributed by atoms with Gasteiger partial charge in [-0.3, -0.25) is 9.59 Å². The normalized spacial score (nSPS) is 19.8. The molecule has 1 fully saturated rings. The molecule has 2 atom stereocenters. The fourth-order valence-corrected chi connectivity index (χ4v) is 3.69. The molecule has 0 heterocycles. The van der Waals surface area contributed by atoms with Crippen molar-refractivity contribution in [3.8, 4) is 0 Å². The van der Waals surface area contributed by atoms with E-state index in [2.05, 4.69) is 41.5 Å². The predicted molar refractivity (Wildman–Crippen MR) is 120 cm³/mol. The van der Waals surface area contributed by atoms with Crippen LogP contribution in [-0.4, -0.2) is 37.5 Å². The summed E-state index contributed by atoms with van der Waals surface area (Å²) < 4.78 is 13.9. The van der Waals surface area contributed by atoms with E-state index in [1.165, 1.54) is 18.2 Å². The summed E-state index contributed by atoms with van der Waals surface area (Å²) in [5.41, 5.74) is 2.69. The van der Waals surface area contributed by atoms with Crippen LogP contribution >= 0.6 is 0 Å². The topological polar surface area (TPSA) is 61.4 Å². The third-order valence-electron chi connectivity index (χ3n) is 5.57. The Morgan fingerprint density at radius 3 is 2.60 bits per heavy atom. The first-order valence-corrected chi connectivity index (χ1v) is 10.5. The van der Waals surface area contributed by atoms with Gasteiger partial charge in [-0.15, -0.1) is 0 Å². The first-order chi connectivity index (χ1) is 14.4. The van der Waals surface area contributed by atoms with Crippen molar-refractivity contribution in [3.63, 3.8) is 0 Å². The Bertz CT molecular complexity index is 913. The number of halogens is 1. The van der Waals surface area contributed by atoms with Gasteiger partial charge in [-0.05, 0) is 56.5 Å². The summed E-state index contributed by atoms with van der Waals surface area (Å²) in [7, 11) is 0. The van der Waals surface area contributed by atoms with E-state index in [1.54, 1.807) is 18.2 Å². The summed E-state index contributed by atoms with van der Waals surface area (Å²) in [6.45, 7) is 8.08. The lowest BCUT2D eigenvalue weighted by molar-refractivity contribution is -0.118. The lowest BCUT2D eigenvalue weighted by Crippen LogP contribution is -2.30. The molecule has 1 amide bonds. The fourth-order valence-electron chi connectivity index (χ4n) is 3.69. The van der Waals surface area contributed by atoms with Crippen molar-refractivity contribution in [2.45, 2.75) is 39.3 Å². The van der Waals surface area contributed by atoms with Gasteiger partial charge in [-0.2, -0.15) is 0 Å². The van der Waals surface area contributed by atoms with Gasteiger partial charge in [0.1, 0.15) is 12.0 Å². The molecule has 6 heteroatoms. The first-order valence-electron chi connectivity index (χ1n) is 10.5. The molecule has 2 aromatic carbocycles. The molecule has 5 nitrogen and oxygen atoms in total. The maximum atomic E-state index is 13.9. The number of carbonyl (C=O) groups is 2. The molecule has 0 saturated heterocycles. The molecule has 0 aromatic heterocycles. The molecule has 1 aliphatic rings. The highest BCUT2D eigenvalue weighted by Gasteiger charge is 2.55. The Balaban J connectivity index is 1.68. The highest BCUT2D eigenvalue weighted by Crippen LogP contribution is 2.47. The van der Waals surface area contributed by atoms with Crippen molar-refractivity contribution in [1.29, 1.82) is 0 Å². The van der Waals surface area contributed by atoms with E-state index in [0.29, 0.717) is 17.8 Å². The van der Waals surface area contributed by atoms with Gasteiger partial charge in [0.25, 0.3) is 0 Å². The van der Waals surface area contributed by atoms with Crippen LogP contribution in [0.4, 0.5) is 21.5 Å². The van der Waals surface area contributed by atoms with Crippen LogP contribution in [-0.2, 0) is 4.79 Å². The quantitative estimate of drug-likeness (QED) is 0.550. The van der Waals surface area contributed by atoms with E-state index in [1.807, 2.05) is 12.1 Å². The van der Waals surface area contributed by atoms with Gasteiger partial charge in [0, 0.05) is 30.9 Å². The molecule has 2 aromatic rings. The summed E-state index contributed by atoms with van der Waals surface area (Å²) in [6, 6.07) is 13.4. The zero-order valence-electron chi connectivity index (χ0n) is 17.9. The summed E-state index contributed by atoms with van der Waals surface area (Å²) in [5.74, 6) is -0.982. The van der Waals surface area contributed by atoms with Crippen LogP contribution in [0.15, 0.2) is 42.5 Å². The van der Waals surface area contributed by atoms with Crippen LogP contribution in [0.25, 0.3) is 0 Å². The number of hydrogen-bond donors (Lipinski definition) is 2. The summed E-state index contributed by atoms with van der Waals surface area (Å²) in [5, 5.41) is 6.16. The van der Waals surface area contributed by atoms with E-state index in [-0.39, 0.29) is 12.3 Å². The molecular formula is C24H30FN3O2.